The Morgan fingerprint density at radius 3 is 2.67 bits per heavy atom. The largest absolute Gasteiger partial charge is 0.295 e. The van der Waals surface area contributed by atoms with Crippen LogP contribution in [0.5, 0.6) is 0 Å². The number of aryl methyl sites for hydroxylation is 1. The normalized spacial score (nSPS) is 10.7. The molecule has 0 aliphatic carbocycles. The molecule has 80 valence electrons. The van der Waals surface area contributed by atoms with Gasteiger partial charge in [0.15, 0.2) is 5.78 Å². The van der Waals surface area contributed by atoms with Crippen LogP contribution < -0.4 is 0 Å². The summed E-state index contributed by atoms with van der Waals surface area (Å²) in [5.41, 5.74) is 1.37. The number of rotatable bonds is 6. The highest BCUT2D eigenvalue weighted by atomic mass is 16.1. The van der Waals surface area contributed by atoms with Crippen LogP contribution >= 0.6 is 0 Å². The number of unbranched alkanes of at least 4 members (excludes halogenated alkanes) is 1. The number of hydrogen-bond acceptors (Lipinski definition) is 1. The second-order valence-electron chi connectivity index (χ2n) is 3.60. The highest BCUT2D eigenvalue weighted by molar-refractivity contribution is 5.89. The first kappa shape index (κ1) is 11.7. The van der Waals surface area contributed by atoms with Gasteiger partial charge >= 0.3 is 0 Å². The van der Waals surface area contributed by atoms with E-state index in [1.54, 1.807) is 6.08 Å². The van der Waals surface area contributed by atoms with Crippen LogP contribution in [0.3, 0.4) is 0 Å². The molecule has 1 rings (SSSR count). The summed E-state index contributed by atoms with van der Waals surface area (Å²) in [6.07, 6.45) is 7.47. The molecule has 0 N–H and O–H groups in total. The third-order valence-electron chi connectivity index (χ3n) is 2.33. The van der Waals surface area contributed by atoms with E-state index in [2.05, 4.69) is 24.3 Å². The lowest BCUT2D eigenvalue weighted by molar-refractivity contribution is -0.114. The molecule has 0 bridgehead atoms. The summed E-state index contributed by atoms with van der Waals surface area (Å²) in [5.74, 6) is 0.217. The van der Waals surface area contributed by atoms with Crippen LogP contribution in [-0.2, 0) is 11.2 Å². The van der Waals surface area contributed by atoms with E-state index in [1.165, 1.54) is 5.56 Å². The predicted molar refractivity (Wildman–Crippen MR) is 63.8 cm³/mol. The number of benzene rings is 1. The van der Waals surface area contributed by atoms with Gasteiger partial charge in [-0.2, -0.15) is 0 Å². The predicted octanol–water partition coefficient (Wildman–Crippen LogP) is 3.54. The van der Waals surface area contributed by atoms with Gasteiger partial charge in [-0.25, -0.2) is 0 Å². The highest BCUT2D eigenvalue weighted by Gasteiger charge is 1.91. The van der Waals surface area contributed by atoms with Crippen molar-refractivity contribution in [3.8, 4) is 0 Å². The average molecular weight is 202 g/mol. The van der Waals surface area contributed by atoms with Crippen molar-refractivity contribution >= 4 is 5.78 Å². The Morgan fingerprint density at radius 2 is 2.00 bits per heavy atom. The molecule has 0 atom stereocenters. The van der Waals surface area contributed by atoms with E-state index in [0.29, 0.717) is 6.42 Å². The molecular formula is C14H18O. The maximum absolute atomic E-state index is 11.0. The molecule has 1 heteroatoms. The van der Waals surface area contributed by atoms with Gasteiger partial charge in [-0.3, -0.25) is 4.79 Å². The van der Waals surface area contributed by atoms with E-state index in [0.717, 1.165) is 19.3 Å². The van der Waals surface area contributed by atoms with Crippen LogP contribution in [0.4, 0.5) is 0 Å². The van der Waals surface area contributed by atoms with Gasteiger partial charge in [0, 0.05) is 6.42 Å². The Morgan fingerprint density at radius 1 is 1.27 bits per heavy atom. The minimum atomic E-state index is 0.217. The number of ketones is 1. The number of hydrogen-bond donors (Lipinski definition) is 0. The van der Waals surface area contributed by atoms with Gasteiger partial charge in [-0.15, -0.1) is 0 Å². The van der Waals surface area contributed by atoms with Crippen LogP contribution in [0.25, 0.3) is 0 Å². The Kier molecular flexibility index (Phi) is 5.46. The molecule has 0 radical (unpaired) electrons. The average Bonchev–Trinajstić information content (AvgIpc) is 2.29. The third-order valence-corrected chi connectivity index (χ3v) is 2.33. The standard InChI is InChI=1S/C14H18O/c1-2-14(15)12-8-4-7-11-13-9-5-3-6-10-13/h3,5-6,8-10,12H,2,4,7,11H2,1H3/b12-8+. The fraction of sp³-hybridized carbons (Fsp3) is 0.357. The lowest BCUT2D eigenvalue weighted by Crippen LogP contribution is -1.87. The highest BCUT2D eigenvalue weighted by Crippen LogP contribution is 2.04. The quantitative estimate of drug-likeness (QED) is 0.509. The first-order valence-electron chi connectivity index (χ1n) is 5.56. The molecule has 0 aromatic heterocycles. The van der Waals surface area contributed by atoms with Gasteiger partial charge < -0.3 is 0 Å². The molecular weight excluding hydrogens is 184 g/mol. The molecule has 1 aromatic rings. The van der Waals surface area contributed by atoms with Crippen molar-refractivity contribution < 1.29 is 4.79 Å². The molecule has 0 fully saturated rings. The van der Waals surface area contributed by atoms with Crippen molar-refractivity contribution in [1.82, 2.24) is 0 Å². The Hall–Kier alpha value is -1.37. The summed E-state index contributed by atoms with van der Waals surface area (Å²) in [7, 11) is 0. The number of allylic oxidation sites excluding steroid dienone is 2. The molecule has 0 spiro atoms. The summed E-state index contributed by atoms with van der Waals surface area (Å²) in [4.78, 5) is 11.0. The Labute approximate surface area is 91.8 Å². The summed E-state index contributed by atoms with van der Waals surface area (Å²) in [5, 5.41) is 0. The topological polar surface area (TPSA) is 17.1 Å². The van der Waals surface area contributed by atoms with Crippen LogP contribution in [0.1, 0.15) is 31.7 Å². The van der Waals surface area contributed by atoms with E-state index in [4.69, 9.17) is 0 Å². The van der Waals surface area contributed by atoms with Gasteiger partial charge in [-0.05, 0) is 30.9 Å². The molecule has 0 aliphatic rings. The van der Waals surface area contributed by atoms with Crippen molar-refractivity contribution in [2.75, 3.05) is 0 Å². The van der Waals surface area contributed by atoms with Gasteiger partial charge in [0.25, 0.3) is 0 Å². The number of carbonyl (C=O) groups excluding carboxylic acids is 1. The molecule has 0 amide bonds. The molecule has 0 aliphatic heterocycles. The minimum absolute atomic E-state index is 0.217. The molecule has 0 heterocycles. The van der Waals surface area contributed by atoms with Crippen molar-refractivity contribution in [1.29, 1.82) is 0 Å². The number of carbonyl (C=O) groups is 1. The second kappa shape index (κ2) is 6.99. The smallest absolute Gasteiger partial charge is 0.155 e. The summed E-state index contributed by atoms with van der Waals surface area (Å²) >= 11 is 0. The summed E-state index contributed by atoms with van der Waals surface area (Å²) < 4.78 is 0. The van der Waals surface area contributed by atoms with Gasteiger partial charge in [0.05, 0.1) is 0 Å². The van der Waals surface area contributed by atoms with Gasteiger partial charge in [-0.1, -0.05) is 43.3 Å². The fourth-order valence-corrected chi connectivity index (χ4v) is 1.40. The zero-order chi connectivity index (χ0) is 10.9. The molecule has 1 nitrogen and oxygen atoms in total. The van der Waals surface area contributed by atoms with Crippen molar-refractivity contribution in [2.24, 2.45) is 0 Å². The lowest BCUT2D eigenvalue weighted by atomic mass is 10.1. The zero-order valence-corrected chi connectivity index (χ0v) is 9.28. The first-order valence-corrected chi connectivity index (χ1v) is 5.56. The van der Waals surface area contributed by atoms with Crippen LogP contribution in [-0.4, -0.2) is 5.78 Å². The maximum atomic E-state index is 11.0. The van der Waals surface area contributed by atoms with Crippen molar-refractivity contribution in [2.45, 2.75) is 32.6 Å². The lowest BCUT2D eigenvalue weighted by Gasteiger charge is -1.97. The minimum Gasteiger partial charge on any atom is -0.295 e. The molecule has 0 saturated heterocycles. The fourth-order valence-electron chi connectivity index (χ4n) is 1.40. The van der Waals surface area contributed by atoms with E-state index >= 15 is 0 Å². The molecule has 0 unspecified atom stereocenters. The van der Waals surface area contributed by atoms with Crippen LogP contribution in [0.15, 0.2) is 42.5 Å². The van der Waals surface area contributed by atoms with Crippen LogP contribution in [0.2, 0.25) is 0 Å². The Bertz CT molecular complexity index is 311. The monoisotopic (exact) mass is 202 g/mol. The van der Waals surface area contributed by atoms with Crippen molar-refractivity contribution in [3.63, 3.8) is 0 Å². The first-order chi connectivity index (χ1) is 7.33. The molecule has 0 saturated carbocycles. The second-order valence-corrected chi connectivity index (χ2v) is 3.60. The molecule has 1 aromatic carbocycles. The van der Waals surface area contributed by atoms with E-state index in [1.807, 2.05) is 19.1 Å². The van der Waals surface area contributed by atoms with E-state index in [-0.39, 0.29) is 5.78 Å². The zero-order valence-electron chi connectivity index (χ0n) is 9.28. The van der Waals surface area contributed by atoms with E-state index in [9.17, 15) is 4.79 Å². The maximum Gasteiger partial charge on any atom is 0.155 e. The Balaban J connectivity index is 2.17. The molecule has 15 heavy (non-hydrogen) atoms. The van der Waals surface area contributed by atoms with Crippen molar-refractivity contribution in [3.05, 3.63) is 48.0 Å². The summed E-state index contributed by atoms with van der Waals surface area (Å²) in [6, 6.07) is 10.4. The van der Waals surface area contributed by atoms with E-state index < -0.39 is 0 Å². The third kappa shape index (κ3) is 5.16. The SMILES string of the molecule is CCC(=O)/C=C/CCCc1ccccc1. The summed E-state index contributed by atoms with van der Waals surface area (Å²) in [6.45, 7) is 1.89. The van der Waals surface area contributed by atoms with Crippen LogP contribution in [0, 0.1) is 0 Å². The van der Waals surface area contributed by atoms with Gasteiger partial charge in [0.1, 0.15) is 0 Å². The van der Waals surface area contributed by atoms with Gasteiger partial charge in [0.2, 0.25) is 0 Å².